The maximum Gasteiger partial charge on any atom is 1.00 e. The van der Waals surface area contributed by atoms with Gasteiger partial charge in [0.15, 0.2) is 0 Å². The normalized spacial score (nSPS) is 4.57. The topological polar surface area (TPSA) is 43.1 Å². The molecule has 2 N–H and O–H groups in total. The summed E-state index contributed by atoms with van der Waals surface area (Å²) in [7, 11) is 0. The van der Waals surface area contributed by atoms with E-state index in [2.05, 4.69) is 12.3 Å². The molecule has 0 aromatic carbocycles. The van der Waals surface area contributed by atoms with Crippen molar-refractivity contribution in [3.05, 3.63) is 12.7 Å². The summed E-state index contributed by atoms with van der Waals surface area (Å²) in [5, 5.41) is 0. The van der Waals surface area contributed by atoms with Crippen molar-refractivity contribution in [1.29, 1.82) is 0 Å². The van der Waals surface area contributed by atoms with Crippen LogP contribution in [0.4, 0.5) is 0 Å². The largest absolute Gasteiger partial charge is 1.00 e. The number of nitrogens with two attached hydrogens (primary N) is 1. The van der Waals surface area contributed by atoms with Crippen molar-refractivity contribution in [1.82, 2.24) is 0 Å². The van der Waals surface area contributed by atoms with Gasteiger partial charge in [0, 0.05) is 0 Å². The zero-order valence-electron chi connectivity index (χ0n) is 4.15. The Hall–Kier alpha value is 1.14. The molecule has 0 aromatic heterocycles. The van der Waals surface area contributed by atoms with Gasteiger partial charge in [-0.1, -0.05) is 6.58 Å². The van der Waals surface area contributed by atoms with Gasteiger partial charge < -0.3 is 18.1 Å². The molecule has 0 saturated carbocycles. The fraction of sp³-hybridized carbons (Fsp3) is 0. The number of hydrogen-bond donors (Lipinski definition) is 1. The molecule has 0 atom stereocenters. The minimum Gasteiger partial charge on any atom is -1.00 e. The van der Waals surface area contributed by atoms with E-state index in [1.165, 1.54) is 0 Å². The molecule has 0 fully saturated rings. The zero-order valence-corrected chi connectivity index (χ0v) is 8.03. The first-order valence-corrected chi connectivity index (χ1v) is 1.19. The molecule has 0 radical (unpaired) electrons. The molecule has 0 heterocycles. The van der Waals surface area contributed by atoms with Crippen molar-refractivity contribution in [2.75, 3.05) is 0 Å². The van der Waals surface area contributed by atoms with Gasteiger partial charge in [0.25, 0.3) is 0 Å². The molecule has 0 bridgehead atoms. The second-order valence-electron chi connectivity index (χ2n) is 0.606. The molecular formula is C3H5ClKNO. The third kappa shape index (κ3) is 19.1. The molecule has 0 aliphatic rings. The number of halogens is 1. The molecule has 0 saturated heterocycles. The predicted octanol–water partition coefficient (Wildman–Crippen LogP) is -6.33. The molecule has 7 heavy (non-hydrogen) atoms. The van der Waals surface area contributed by atoms with Crippen LogP contribution in [-0.2, 0) is 4.79 Å². The van der Waals surface area contributed by atoms with Crippen LogP contribution in [0.2, 0.25) is 0 Å². The number of carbonyl (C=O) groups is 1. The Morgan fingerprint density at radius 1 is 1.71 bits per heavy atom. The molecule has 2 nitrogen and oxygen atoms in total. The Morgan fingerprint density at radius 3 is 1.86 bits per heavy atom. The second kappa shape index (κ2) is 10.2. The average Bonchev–Trinajstić information content (AvgIpc) is 1.38. The van der Waals surface area contributed by atoms with Crippen LogP contribution in [0, 0.1) is 0 Å². The average molecular weight is 146 g/mol. The summed E-state index contributed by atoms with van der Waals surface area (Å²) in [6, 6.07) is 0. The second-order valence-corrected chi connectivity index (χ2v) is 0.606. The zero-order chi connectivity index (χ0) is 4.28. The minimum atomic E-state index is -0.481. The third-order valence-electron chi connectivity index (χ3n) is 0.201. The fourth-order valence-electron chi connectivity index (χ4n) is 0. The van der Waals surface area contributed by atoms with Gasteiger partial charge in [-0.25, -0.2) is 0 Å². The fourth-order valence-corrected chi connectivity index (χ4v) is 0. The van der Waals surface area contributed by atoms with E-state index < -0.39 is 5.91 Å². The van der Waals surface area contributed by atoms with Gasteiger partial charge >= 0.3 is 51.4 Å². The van der Waals surface area contributed by atoms with Gasteiger partial charge in [-0.15, -0.1) is 0 Å². The molecule has 0 aromatic rings. The summed E-state index contributed by atoms with van der Waals surface area (Å²) < 4.78 is 0. The van der Waals surface area contributed by atoms with E-state index in [1.807, 2.05) is 0 Å². The molecule has 0 spiro atoms. The van der Waals surface area contributed by atoms with Crippen molar-refractivity contribution < 1.29 is 68.6 Å². The van der Waals surface area contributed by atoms with E-state index in [0.29, 0.717) is 0 Å². The number of primary amides is 1. The van der Waals surface area contributed by atoms with Crippen molar-refractivity contribution in [2.24, 2.45) is 5.73 Å². The van der Waals surface area contributed by atoms with Crippen LogP contribution >= 0.6 is 0 Å². The van der Waals surface area contributed by atoms with Crippen molar-refractivity contribution in [2.45, 2.75) is 0 Å². The van der Waals surface area contributed by atoms with Crippen LogP contribution in [0.5, 0.6) is 0 Å². The molecule has 36 valence electrons. The smallest absolute Gasteiger partial charge is 1.00 e. The van der Waals surface area contributed by atoms with Gasteiger partial charge in [0.1, 0.15) is 0 Å². The van der Waals surface area contributed by atoms with Gasteiger partial charge in [-0.05, 0) is 6.08 Å². The molecule has 4 heteroatoms. The minimum absolute atomic E-state index is 0. The predicted molar refractivity (Wildman–Crippen MR) is 19.4 cm³/mol. The summed E-state index contributed by atoms with van der Waals surface area (Å²) in [6.07, 6.45) is 1.06. The van der Waals surface area contributed by atoms with Crippen LogP contribution in [-0.4, -0.2) is 5.91 Å². The van der Waals surface area contributed by atoms with Gasteiger partial charge in [-0.2, -0.15) is 0 Å². The number of rotatable bonds is 1. The molecular weight excluding hydrogens is 141 g/mol. The summed E-state index contributed by atoms with van der Waals surface area (Å²) in [5.41, 5.74) is 4.53. The van der Waals surface area contributed by atoms with E-state index in [4.69, 9.17) is 0 Å². The molecule has 0 unspecified atom stereocenters. The summed E-state index contributed by atoms with van der Waals surface area (Å²) in [4.78, 5) is 9.47. The van der Waals surface area contributed by atoms with E-state index in [-0.39, 0.29) is 63.8 Å². The maximum atomic E-state index is 9.47. The standard InChI is InChI=1S/C3H5NO.ClH.K/c1-2-3(4)5;;/h2H,1H2,(H2,4,5);1H;/q;;+1/p-1. The number of hydrogen-bond acceptors (Lipinski definition) is 1. The first-order chi connectivity index (χ1) is 2.27. The number of amides is 1. The quantitative estimate of drug-likeness (QED) is 0.290. The van der Waals surface area contributed by atoms with Crippen molar-refractivity contribution in [3.8, 4) is 0 Å². The van der Waals surface area contributed by atoms with Crippen LogP contribution in [0.15, 0.2) is 12.7 Å². The molecule has 1 amide bonds. The van der Waals surface area contributed by atoms with Gasteiger partial charge in [-0.3, -0.25) is 4.79 Å². The van der Waals surface area contributed by atoms with Crippen LogP contribution in [0.25, 0.3) is 0 Å². The van der Waals surface area contributed by atoms with Gasteiger partial charge in [0.05, 0.1) is 0 Å². The van der Waals surface area contributed by atoms with Crippen LogP contribution in [0.1, 0.15) is 0 Å². The Kier molecular flexibility index (Phi) is 22.9. The van der Waals surface area contributed by atoms with E-state index >= 15 is 0 Å². The van der Waals surface area contributed by atoms with E-state index in [1.54, 1.807) is 0 Å². The molecule has 0 aliphatic heterocycles. The summed E-state index contributed by atoms with van der Waals surface area (Å²) in [5.74, 6) is -0.481. The van der Waals surface area contributed by atoms with Crippen LogP contribution in [0.3, 0.4) is 0 Å². The first-order valence-electron chi connectivity index (χ1n) is 1.19. The first kappa shape index (κ1) is 15.7. The summed E-state index contributed by atoms with van der Waals surface area (Å²) in [6.45, 7) is 3.09. The van der Waals surface area contributed by atoms with Crippen molar-refractivity contribution >= 4 is 5.91 Å². The maximum absolute atomic E-state index is 9.47. The Bertz CT molecular complexity index is 66.0. The van der Waals surface area contributed by atoms with Crippen LogP contribution < -0.4 is 69.5 Å². The Morgan fingerprint density at radius 2 is 1.86 bits per heavy atom. The SMILES string of the molecule is C=CC(N)=O.[Cl-].[K+]. The van der Waals surface area contributed by atoms with E-state index in [9.17, 15) is 4.79 Å². The van der Waals surface area contributed by atoms with Gasteiger partial charge in [0.2, 0.25) is 5.91 Å². The number of carbonyl (C=O) groups excluding carboxylic acids is 1. The molecule has 0 rings (SSSR count). The molecule has 0 aliphatic carbocycles. The Labute approximate surface area is 91.4 Å². The van der Waals surface area contributed by atoms with Crippen molar-refractivity contribution in [3.63, 3.8) is 0 Å². The Balaban J connectivity index is -0.0000000800. The summed E-state index contributed by atoms with van der Waals surface area (Å²) >= 11 is 0. The monoisotopic (exact) mass is 145 g/mol. The van der Waals surface area contributed by atoms with E-state index in [0.717, 1.165) is 6.08 Å². The third-order valence-corrected chi connectivity index (χ3v) is 0.201.